The van der Waals surface area contributed by atoms with Crippen LogP contribution in [-0.2, 0) is 6.54 Å². The highest BCUT2D eigenvalue weighted by Crippen LogP contribution is 2.17. The molecule has 0 aliphatic carbocycles. The molecule has 1 atom stereocenters. The number of nitrogens with zero attached hydrogens (tertiary/aromatic N) is 1. The Morgan fingerprint density at radius 3 is 3.16 bits per heavy atom. The summed E-state index contributed by atoms with van der Waals surface area (Å²) in [6.45, 7) is 4.07. The molecule has 2 aromatic heterocycles. The SMILES string of the molecule is CC(CNCc1ccc2[nH]ccc2c1)c1nccs1. The molecule has 0 aliphatic rings. The van der Waals surface area contributed by atoms with Gasteiger partial charge >= 0.3 is 0 Å². The Morgan fingerprint density at radius 2 is 2.32 bits per heavy atom. The fraction of sp³-hybridized carbons (Fsp3) is 0.267. The average molecular weight is 271 g/mol. The number of fused-ring (bicyclic) bond motifs is 1. The highest BCUT2D eigenvalue weighted by atomic mass is 32.1. The molecule has 3 aromatic rings. The van der Waals surface area contributed by atoms with Crippen molar-refractivity contribution in [1.29, 1.82) is 0 Å². The molecule has 0 spiro atoms. The quantitative estimate of drug-likeness (QED) is 0.745. The Balaban J connectivity index is 1.57. The molecule has 98 valence electrons. The van der Waals surface area contributed by atoms with Gasteiger partial charge < -0.3 is 10.3 Å². The van der Waals surface area contributed by atoms with Crippen LogP contribution in [0.4, 0.5) is 0 Å². The molecule has 4 heteroatoms. The van der Waals surface area contributed by atoms with Crippen molar-refractivity contribution in [2.75, 3.05) is 6.54 Å². The summed E-state index contributed by atoms with van der Waals surface area (Å²) in [5.74, 6) is 0.469. The third-order valence-corrected chi connectivity index (χ3v) is 4.28. The number of aromatic amines is 1. The van der Waals surface area contributed by atoms with Gasteiger partial charge in [-0.1, -0.05) is 13.0 Å². The second-order valence-corrected chi connectivity index (χ2v) is 5.73. The molecule has 1 unspecified atom stereocenters. The maximum atomic E-state index is 4.35. The van der Waals surface area contributed by atoms with Crippen LogP contribution in [0.15, 0.2) is 42.0 Å². The molecular formula is C15H17N3S. The Morgan fingerprint density at radius 1 is 1.37 bits per heavy atom. The van der Waals surface area contributed by atoms with Gasteiger partial charge in [-0.3, -0.25) is 0 Å². The van der Waals surface area contributed by atoms with Crippen LogP contribution in [0.3, 0.4) is 0 Å². The van der Waals surface area contributed by atoms with E-state index >= 15 is 0 Å². The summed E-state index contributed by atoms with van der Waals surface area (Å²) in [4.78, 5) is 7.56. The molecule has 3 nitrogen and oxygen atoms in total. The van der Waals surface area contributed by atoms with Crippen LogP contribution in [0.5, 0.6) is 0 Å². The molecule has 2 N–H and O–H groups in total. The Bertz CT molecular complexity index is 642. The van der Waals surface area contributed by atoms with Crippen LogP contribution in [0.2, 0.25) is 0 Å². The molecule has 0 fully saturated rings. The highest BCUT2D eigenvalue weighted by molar-refractivity contribution is 7.09. The summed E-state index contributed by atoms with van der Waals surface area (Å²) in [6.07, 6.45) is 3.85. The van der Waals surface area contributed by atoms with Gasteiger partial charge in [-0.15, -0.1) is 11.3 Å². The summed E-state index contributed by atoms with van der Waals surface area (Å²) in [5, 5.41) is 8.01. The standard InChI is InChI=1S/C15H17N3S/c1-11(15-18-6-7-19-15)9-16-10-12-2-3-14-13(8-12)4-5-17-14/h2-8,11,16-17H,9-10H2,1H3. The van der Waals surface area contributed by atoms with Gasteiger partial charge in [-0.05, 0) is 29.1 Å². The molecule has 2 heterocycles. The predicted octanol–water partition coefficient (Wildman–Crippen LogP) is 3.52. The molecule has 0 radical (unpaired) electrons. The van der Waals surface area contributed by atoms with Crippen molar-refractivity contribution in [3.8, 4) is 0 Å². The number of nitrogens with one attached hydrogen (secondary N) is 2. The smallest absolute Gasteiger partial charge is 0.0965 e. The number of benzene rings is 1. The Hall–Kier alpha value is -1.65. The van der Waals surface area contributed by atoms with Gasteiger partial charge in [0.05, 0.1) is 5.01 Å². The van der Waals surface area contributed by atoms with Crippen molar-refractivity contribution in [2.24, 2.45) is 0 Å². The lowest BCUT2D eigenvalue weighted by Crippen LogP contribution is -2.19. The first-order valence-corrected chi connectivity index (χ1v) is 7.37. The van der Waals surface area contributed by atoms with Gasteiger partial charge in [-0.25, -0.2) is 4.98 Å². The topological polar surface area (TPSA) is 40.7 Å². The normalized spacial score (nSPS) is 12.9. The van der Waals surface area contributed by atoms with Gasteiger partial charge in [0, 0.05) is 42.3 Å². The van der Waals surface area contributed by atoms with Gasteiger partial charge in [-0.2, -0.15) is 0 Å². The van der Waals surface area contributed by atoms with E-state index < -0.39 is 0 Å². The third kappa shape index (κ3) is 2.85. The van der Waals surface area contributed by atoms with Crippen molar-refractivity contribution >= 4 is 22.2 Å². The van der Waals surface area contributed by atoms with Crippen molar-refractivity contribution in [2.45, 2.75) is 19.4 Å². The average Bonchev–Trinajstić information content (AvgIpc) is 3.09. The summed E-state index contributed by atoms with van der Waals surface area (Å²) in [5.41, 5.74) is 2.51. The fourth-order valence-electron chi connectivity index (χ4n) is 2.21. The van der Waals surface area contributed by atoms with E-state index in [-0.39, 0.29) is 0 Å². The molecule has 3 rings (SSSR count). The zero-order chi connectivity index (χ0) is 13.1. The van der Waals surface area contributed by atoms with Crippen LogP contribution in [0, 0.1) is 0 Å². The summed E-state index contributed by atoms with van der Waals surface area (Å²) in [7, 11) is 0. The van der Waals surface area contributed by atoms with E-state index in [0.717, 1.165) is 13.1 Å². The summed E-state index contributed by atoms with van der Waals surface area (Å²) in [6, 6.07) is 8.64. The van der Waals surface area contributed by atoms with E-state index in [1.54, 1.807) is 11.3 Å². The van der Waals surface area contributed by atoms with Crippen LogP contribution in [0.25, 0.3) is 10.9 Å². The first-order chi connectivity index (χ1) is 9.33. The van der Waals surface area contributed by atoms with Crippen molar-refractivity contribution in [3.63, 3.8) is 0 Å². The van der Waals surface area contributed by atoms with Crippen molar-refractivity contribution in [1.82, 2.24) is 15.3 Å². The van der Waals surface area contributed by atoms with E-state index in [2.05, 4.69) is 46.5 Å². The number of rotatable bonds is 5. The minimum atomic E-state index is 0.469. The van der Waals surface area contributed by atoms with Crippen LogP contribution in [0.1, 0.15) is 23.4 Å². The second kappa shape index (κ2) is 5.55. The minimum absolute atomic E-state index is 0.469. The molecule has 1 aromatic carbocycles. The summed E-state index contributed by atoms with van der Waals surface area (Å²) >= 11 is 1.73. The van der Waals surface area contributed by atoms with Crippen LogP contribution < -0.4 is 5.32 Å². The third-order valence-electron chi connectivity index (χ3n) is 3.27. The Kier molecular flexibility index (Phi) is 3.62. The molecular weight excluding hydrogens is 254 g/mol. The molecule has 0 saturated heterocycles. The Labute approximate surface area is 116 Å². The molecule has 0 aliphatic heterocycles. The van der Waals surface area contributed by atoms with Gasteiger partial charge in [0.25, 0.3) is 0 Å². The molecule has 0 amide bonds. The van der Waals surface area contributed by atoms with E-state index in [1.165, 1.54) is 21.5 Å². The van der Waals surface area contributed by atoms with Crippen molar-refractivity contribution in [3.05, 3.63) is 52.6 Å². The zero-order valence-electron chi connectivity index (χ0n) is 10.9. The molecule has 19 heavy (non-hydrogen) atoms. The predicted molar refractivity (Wildman–Crippen MR) is 80.5 cm³/mol. The van der Waals surface area contributed by atoms with E-state index in [0.29, 0.717) is 5.92 Å². The fourth-order valence-corrected chi connectivity index (χ4v) is 2.91. The monoisotopic (exact) mass is 271 g/mol. The minimum Gasteiger partial charge on any atom is -0.361 e. The van der Waals surface area contributed by atoms with E-state index in [1.807, 2.05) is 17.8 Å². The lowest BCUT2D eigenvalue weighted by molar-refractivity contribution is 0.613. The van der Waals surface area contributed by atoms with Crippen LogP contribution >= 0.6 is 11.3 Å². The lowest BCUT2D eigenvalue weighted by Gasteiger charge is -2.10. The molecule has 0 bridgehead atoms. The number of thiazole rings is 1. The first kappa shape index (κ1) is 12.4. The van der Waals surface area contributed by atoms with Crippen molar-refractivity contribution < 1.29 is 0 Å². The number of hydrogen-bond acceptors (Lipinski definition) is 3. The van der Waals surface area contributed by atoms with E-state index in [9.17, 15) is 0 Å². The first-order valence-electron chi connectivity index (χ1n) is 6.49. The maximum Gasteiger partial charge on any atom is 0.0965 e. The second-order valence-electron chi connectivity index (χ2n) is 4.80. The van der Waals surface area contributed by atoms with Gasteiger partial charge in [0.15, 0.2) is 0 Å². The summed E-state index contributed by atoms with van der Waals surface area (Å²) < 4.78 is 0. The van der Waals surface area contributed by atoms with Gasteiger partial charge in [0.1, 0.15) is 0 Å². The number of H-pyrrole nitrogens is 1. The van der Waals surface area contributed by atoms with Gasteiger partial charge in [0.2, 0.25) is 0 Å². The zero-order valence-corrected chi connectivity index (χ0v) is 11.7. The lowest BCUT2D eigenvalue weighted by atomic mass is 10.1. The molecule has 0 saturated carbocycles. The van der Waals surface area contributed by atoms with E-state index in [4.69, 9.17) is 0 Å². The van der Waals surface area contributed by atoms with Crippen LogP contribution in [-0.4, -0.2) is 16.5 Å². The largest absolute Gasteiger partial charge is 0.361 e. The maximum absolute atomic E-state index is 4.35. The highest BCUT2D eigenvalue weighted by Gasteiger charge is 2.07. The number of hydrogen-bond donors (Lipinski definition) is 2. The number of aromatic nitrogens is 2.